The molecule has 34 heavy (non-hydrogen) atoms. The fraction of sp³-hybridized carbons (Fsp3) is 0.542. The maximum Gasteiger partial charge on any atom is 0.435 e. The summed E-state index contributed by atoms with van der Waals surface area (Å²) in [5.41, 5.74) is 0.171. The lowest BCUT2D eigenvalue weighted by Gasteiger charge is -2.32. The van der Waals surface area contributed by atoms with E-state index < -0.39 is 23.7 Å². The van der Waals surface area contributed by atoms with Gasteiger partial charge in [0.25, 0.3) is 0 Å². The van der Waals surface area contributed by atoms with Crippen LogP contribution in [0.4, 0.5) is 17.6 Å². The lowest BCUT2D eigenvalue weighted by atomic mass is 9.79. The Kier molecular flexibility index (Phi) is 6.95. The number of carbonyl (C=O) groups is 2. The first-order valence-electron chi connectivity index (χ1n) is 11.5. The fourth-order valence-corrected chi connectivity index (χ4v) is 5.08. The minimum Gasteiger partial charge on any atom is -0.481 e. The number of hydrogen-bond donors (Lipinski definition) is 1. The first-order valence-corrected chi connectivity index (χ1v) is 11.5. The van der Waals surface area contributed by atoms with Gasteiger partial charge < -0.3 is 10.0 Å². The standard InChI is InChI=1S/C24H27F4N3O3/c25-18-7-5-17(6-8-18)13-31-20-14-30(10-9-19(20)23(29-31)24(26,27)28)21(32)11-15-1-3-16(4-2-15)12-22(33)34/h5-8,15-16H,1-4,9-14H2,(H,33,34)/t15-,16+. The molecule has 184 valence electrons. The van der Waals surface area contributed by atoms with E-state index in [-0.39, 0.29) is 55.8 Å². The van der Waals surface area contributed by atoms with Crippen LogP contribution >= 0.6 is 0 Å². The van der Waals surface area contributed by atoms with Crippen molar-refractivity contribution < 1.29 is 32.3 Å². The minimum absolute atomic E-state index is 0.0484. The van der Waals surface area contributed by atoms with E-state index in [1.165, 1.54) is 28.9 Å². The molecule has 2 aromatic rings. The van der Waals surface area contributed by atoms with Crippen molar-refractivity contribution in [1.82, 2.24) is 14.7 Å². The molecule has 0 radical (unpaired) electrons. The summed E-state index contributed by atoms with van der Waals surface area (Å²) in [4.78, 5) is 25.5. The third-order valence-corrected chi connectivity index (χ3v) is 6.90. The molecule has 0 unspecified atom stereocenters. The van der Waals surface area contributed by atoms with Crippen LogP contribution in [0.1, 0.15) is 61.0 Å². The number of benzene rings is 1. The molecule has 0 atom stereocenters. The second-order valence-corrected chi connectivity index (χ2v) is 9.31. The molecule has 6 nitrogen and oxygen atoms in total. The van der Waals surface area contributed by atoms with Gasteiger partial charge in [-0.1, -0.05) is 12.1 Å². The number of aliphatic carboxylic acids is 1. The Morgan fingerprint density at radius 1 is 1.03 bits per heavy atom. The number of fused-ring (bicyclic) bond motifs is 1. The van der Waals surface area contributed by atoms with Crippen LogP contribution in [-0.4, -0.2) is 38.2 Å². The van der Waals surface area contributed by atoms with E-state index in [1.54, 1.807) is 4.90 Å². The molecule has 0 spiro atoms. The molecule has 2 aliphatic rings. The lowest BCUT2D eigenvalue weighted by Crippen LogP contribution is -2.38. The summed E-state index contributed by atoms with van der Waals surface area (Å²) in [5, 5.41) is 12.8. The van der Waals surface area contributed by atoms with Crippen molar-refractivity contribution in [2.75, 3.05) is 6.54 Å². The van der Waals surface area contributed by atoms with E-state index in [0.717, 1.165) is 25.7 Å². The molecule has 1 aromatic carbocycles. The summed E-state index contributed by atoms with van der Waals surface area (Å²) in [7, 11) is 0. The highest BCUT2D eigenvalue weighted by atomic mass is 19.4. The minimum atomic E-state index is -4.60. The second kappa shape index (κ2) is 9.76. The predicted octanol–water partition coefficient (Wildman–Crippen LogP) is 4.65. The quantitative estimate of drug-likeness (QED) is 0.610. The number of carboxylic acids is 1. The van der Waals surface area contributed by atoms with Crippen molar-refractivity contribution in [2.24, 2.45) is 11.8 Å². The fourth-order valence-electron chi connectivity index (χ4n) is 5.08. The number of hydrogen-bond acceptors (Lipinski definition) is 3. The van der Waals surface area contributed by atoms with Crippen LogP contribution in [-0.2, 0) is 35.3 Å². The SMILES string of the molecule is O=C(O)C[C@H]1CC[C@@H](CC(=O)N2CCc3c(C(F)(F)F)nn(Cc4ccc(F)cc4)c3C2)CC1. The third kappa shape index (κ3) is 5.59. The van der Waals surface area contributed by atoms with Gasteiger partial charge in [-0.25, -0.2) is 4.39 Å². The van der Waals surface area contributed by atoms with E-state index in [0.29, 0.717) is 17.7 Å². The maximum atomic E-state index is 13.6. The van der Waals surface area contributed by atoms with Crippen molar-refractivity contribution in [3.63, 3.8) is 0 Å². The van der Waals surface area contributed by atoms with Crippen LogP contribution in [0.2, 0.25) is 0 Å². The number of halogens is 4. The molecule has 1 saturated carbocycles. The number of amides is 1. The topological polar surface area (TPSA) is 75.4 Å². The van der Waals surface area contributed by atoms with Crippen LogP contribution in [0.5, 0.6) is 0 Å². The van der Waals surface area contributed by atoms with Crippen molar-refractivity contribution >= 4 is 11.9 Å². The van der Waals surface area contributed by atoms with E-state index in [9.17, 15) is 27.2 Å². The Bertz CT molecular complexity index is 1040. The summed E-state index contributed by atoms with van der Waals surface area (Å²) >= 11 is 0. The predicted molar refractivity (Wildman–Crippen MR) is 114 cm³/mol. The van der Waals surface area contributed by atoms with Crippen LogP contribution < -0.4 is 0 Å². The Labute approximate surface area is 194 Å². The Balaban J connectivity index is 1.46. The van der Waals surface area contributed by atoms with Crippen LogP contribution in [0, 0.1) is 17.7 Å². The van der Waals surface area contributed by atoms with E-state index >= 15 is 0 Å². The Morgan fingerprint density at radius 3 is 2.24 bits per heavy atom. The van der Waals surface area contributed by atoms with E-state index in [4.69, 9.17) is 5.11 Å². The van der Waals surface area contributed by atoms with Crippen LogP contribution in [0.25, 0.3) is 0 Å². The van der Waals surface area contributed by atoms with Crippen molar-refractivity contribution in [3.05, 3.63) is 52.6 Å². The number of alkyl halides is 3. The van der Waals surface area contributed by atoms with Gasteiger partial charge in [0.2, 0.25) is 5.91 Å². The van der Waals surface area contributed by atoms with Gasteiger partial charge in [-0.3, -0.25) is 14.3 Å². The van der Waals surface area contributed by atoms with Crippen molar-refractivity contribution in [1.29, 1.82) is 0 Å². The summed E-state index contributed by atoms with van der Waals surface area (Å²) in [6.07, 6.45) is -0.958. The molecule has 10 heteroatoms. The smallest absolute Gasteiger partial charge is 0.435 e. The summed E-state index contributed by atoms with van der Waals surface area (Å²) < 4.78 is 55.3. The van der Waals surface area contributed by atoms with Gasteiger partial charge >= 0.3 is 12.1 Å². The Morgan fingerprint density at radius 2 is 1.65 bits per heavy atom. The number of rotatable bonds is 6. The van der Waals surface area contributed by atoms with Gasteiger partial charge in [0.1, 0.15) is 5.82 Å². The van der Waals surface area contributed by atoms with Crippen molar-refractivity contribution in [3.8, 4) is 0 Å². The number of carbonyl (C=O) groups excluding carboxylic acids is 1. The zero-order chi connectivity index (χ0) is 24.5. The second-order valence-electron chi connectivity index (χ2n) is 9.31. The molecule has 0 saturated heterocycles. The maximum absolute atomic E-state index is 13.6. The van der Waals surface area contributed by atoms with E-state index in [2.05, 4.69) is 5.10 Å². The molecule has 0 bridgehead atoms. The zero-order valence-electron chi connectivity index (χ0n) is 18.7. The highest BCUT2D eigenvalue weighted by Gasteiger charge is 2.41. The van der Waals surface area contributed by atoms with Gasteiger partial charge in [-0.15, -0.1) is 0 Å². The van der Waals surface area contributed by atoms with Gasteiger partial charge in [0, 0.05) is 24.9 Å². The molecule has 1 N–H and O–H groups in total. The largest absolute Gasteiger partial charge is 0.481 e. The van der Waals surface area contributed by atoms with Gasteiger partial charge in [-0.2, -0.15) is 18.3 Å². The van der Waals surface area contributed by atoms with Crippen LogP contribution in [0.3, 0.4) is 0 Å². The highest BCUT2D eigenvalue weighted by Crippen LogP contribution is 2.36. The number of nitrogens with zero attached hydrogens (tertiary/aromatic N) is 3. The molecule has 1 aliphatic heterocycles. The summed E-state index contributed by atoms with van der Waals surface area (Å²) in [6, 6.07) is 5.50. The first kappa shape index (κ1) is 24.2. The van der Waals surface area contributed by atoms with Gasteiger partial charge in [-0.05, 0) is 61.6 Å². The summed E-state index contributed by atoms with van der Waals surface area (Å²) in [6.45, 7) is 0.298. The molecule has 1 aromatic heterocycles. The molecule has 4 rings (SSSR count). The first-order chi connectivity index (χ1) is 16.1. The van der Waals surface area contributed by atoms with Gasteiger partial charge in [0.05, 0.1) is 18.8 Å². The highest BCUT2D eigenvalue weighted by molar-refractivity contribution is 5.76. The average molecular weight is 481 g/mol. The molecular formula is C24H27F4N3O3. The average Bonchev–Trinajstić information content (AvgIpc) is 3.14. The normalized spacial score (nSPS) is 20.8. The molecule has 1 fully saturated rings. The number of carboxylic acid groups (broad SMARTS) is 1. The van der Waals surface area contributed by atoms with E-state index in [1.807, 2.05) is 0 Å². The van der Waals surface area contributed by atoms with Crippen molar-refractivity contribution in [2.45, 2.75) is 64.2 Å². The monoisotopic (exact) mass is 481 g/mol. The lowest BCUT2D eigenvalue weighted by molar-refractivity contribution is -0.142. The van der Waals surface area contributed by atoms with Crippen LogP contribution in [0.15, 0.2) is 24.3 Å². The zero-order valence-corrected chi connectivity index (χ0v) is 18.7. The Hall–Kier alpha value is -2.91. The number of aromatic nitrogens is 2. The third-order valence-electron chi connectivity index (χ3n) is 6.90. The molecular weight excluding hydrogens is 454 g/mol. The summed E-state index contributed by atoms with van der Waals surface area (Å²) in [5.74, 6) is -1.04. The molecule has 1 aliphatic carbocycles. The molecule has 2 heterocycles. The van der Waals surface area contributed by atoms with Gasteiger partial charge in [0.15, 0.2) is 5.69 Å². The molecule has 1 amide bonds.